The van der Waals surface area contributed by atoms with Crippen molar-refractivity contribution in [3.63, 3.8) is 0 Å². The normalized spacial score (nSPS) is 10.2. The Morgan fingerprint density at radius 2 is 1.90 bits per heavy atom. The van der Waals surface area contributed by atoms with Gasteiger partial charge in [-0.1, -0.05) is 17.7 Å². The zero-order chi connectivity index (χ0) is 15.0. The summed E-state index contributed by atoms with van der Waals surface area (Å²) in [6.45, 7) is 5.43. The third-order valence-corrected chi connectivity index (χ3v) is 3.02. The molecular weight excluding hydrogens is 278 g/mol. The predicted octanol–water partition coefficient (Wildman–Crippen LogP) is 1.74. The zero-order valence-corrected chi connectivity index (χ0v) is 12.5. The van der Waals surface area contributed by atoms with Crippen LogP contribution in [0.15, 0.2) is 24.3 Å². The zero-order valence-electron chi connectivity index (χ0n) is 11.8. The van der Waals surface area contributed by atoms with Gasteiger partial charge in [0.15, 0.2) is 0 Å². The highest BCUT2D eigenvalue weighted by Crippen LogP contribution is 2.14. The van der Waals surface area contributed by atoms with Crippen molar-refractivity contribution in [1.29, 1.82) is 0 Å². The molecule has 0 atom stereocenters. The molecule has 20 heavy (non-hydrogen) atoms. The number of nitrogens with zero attached hydrogens (tertiary/aromatic N) is 1. The van der Waals surface area contributed by atoms with Crippen molar-refractivity contribution in [3.8, 4) is 0 Å². The number of rotatable bonds is 7. The molecule has 0 aromatic heterocycles. The van der Waals surface area contributed by atoms with Crippen molar-refractivity contribution in [2.24, 2.45) is 0 Å². The van der Waals surface area contributed by atoms with Crippen LogP contribution in [0.5, 0.6) is 0 Å². The summed E-state index contributed by atoms with van der Waals surface area (Å²) in [6.07, 6.45) is 0. The van der Waals surface area contributed by atoms with Crippen LogP contribution in [-0.2, 0) is 9.59 Å². The van der Waals surface area contributed by atoms with Gasteiger partial charge in [0, 0.05) is 23.8 Å². The lowest BCUT2D eigenvalue weighted by Gasteiger charge is -2.18. The number of amides is 2. The van der Waals surface area contributed by atoms with Crippen molar-refractivity contribution < 1.29 is 9.59 Å². The molecule has 110 valence electrons. The Kier molecular flexibility index (Phi) is 7.04. The fourth-order valence-corrected chi connectivity index (χ4v) is 1.93. The van der Waals surface area contributed by atoms with Crippen LogP contribution in [0.4, 0.5) is 5.69 Å². The molecule has 0 aliphatic heterocycles. The van der Waals surface area contributed by atoms with E-state index < -0.39 is 0 Å². The number of nitrogens with one attached hydrogen (secondary N) is 2. The van der Waals surface area contributed by atoms with Crippen molar-refractivity contribution >= 4 is 29.1 Å². The van der Waals surface area contributed by atoms with Crippen molar-refractivity contribution in [2.75, 3.05) is 31.5 Å². The maximum absolute atomic E-state index is 11.7. The Morgan fingerprint density at radius 3 is 2.50 bits per heavy atom. The number of carbonyl (C=O) groups excluding carboxylic acids is 2. The molecule has 2 N–H and O–H groups in total. The van der Waals surface area contributed by atoms with Gasteiger partial charge in [0.1, 0.15) is 0 Å². The molecule has 1 aromatic carbocycles. The van der Waals surface area contributed by atoms with E-state index in [0.29, 0.717) is 23.8 Å². The smallest absolute Gasteiger partial charge is 0.238 e. The number of likely N-dealkylation sites (N-methyl/N-ethyl adjacent to an activating group) is 1. The SMILES string of the molecule is CCN(CC)C(=O)CNCC(=O)Nc1cccc(Cl)c1. The van der Waals surface area contributed by atoms with E-state index in [1.54, 1.807) is 29.2 Å². The largest absolute Gasteiger partial charge is 0.342 e. The summed E-state index contributed by atoms with van der Waals surface area (Å²) in [7, 11) is 0. The number of hydrogen-bond acceptors (Lipinski definition) is 3. The molecule has 1 rings (SSSR count). The molecule has 0 fully saturated rings. The Labute approximate surface area is 124 Å². The molecule has 0 heterocycles. The minimum absolute atomic E-state index is 0.00874. The topological polar surface area (TPSA) is 61.4 Å². The second-order valence-electron chi connectivity index (χ2n) is 4.23. The Balaban J connectivity index is 2.32. The molecule has 0 bridgehead atoms. The Hall–Kier alpha value is -1.59. The van der Waals surface area contributed by atoms with E-state index in [2.05, 4.69) is 10.6 Å². The fraction of sp³-hybridized carbons (Fsp3) is 0.429. The van der Waals surface area contributed by atoms with Crippen LogP contribution in [0.1, 0.15) is 13.8 Å². The van der Waals surface area contributed by atoms with Crippen LogP contribution in [0.3, 0.4) is 0 Å². The summed E-state index contributed by atoms with van der Waals surface area (Å²) < 4.78 is 0. The minimum Gasteiger partial charge on any atom is -0.342 e. The maximum Gasteiger partial charge on any atom is 0.238 e. The summed E-state index contributed by atoms with van der Waals surface area (Å²) in [5.74, 6) is -0.217. The summed E-state index contributed by atoms with van der Waals surface area (Å²) >= 11 is 5.82. The van der Waals surface area contributed by atoms with E-state index in [-0.39, 0.29) is 24.9 Å². The van der Waals surface area contributed by atoms with Crippen LogP contribution in [0, 0.1) is 0 Å². The standard InChI is InChI=1S/C14H20ClN3O2/c1-3-18(4-2)14(20)10-16-9-13(19)17-12-7-5-6-11(15)8-12/h5-8,16H,3-4,9-10H2,1-2H3,(H,17,19). The van der Waals surface area contributed by atoms with Gasteiger partial charge in [-0.15, -0.1) is 0 Å². The number of halogens is 1. The van der Waals surface area contributed by atoms with Gasteiger partial charge in [0.05, 0.1) is 13.1 Å². The number of hydrogen-bond donors (Lipinski definition) is 2. The average Bonchev–Trinajstić information content (AvgIpc) is 2.40. The van der Waals surface area contributed by atoms with Crippen LogP contribution < -0.4 is 10.6 Å². The highest BCUT2D eigenvalue weighted by Gasteiger charge is 2.09. The molecule has 0 radical (unpaired) electrons. The summed E-state index contributed by atoms with van der Waals surface area (Å²) in [5.41, 5.74) is 0.638. The monoisotopic (exact) mass is 297 g/mol. The van der Waals surface area contributed by atoms with Gasteiger partial charge in [-0.3, -0.25) is 14.9 Å². The molecule has 1 aromatic rings. The third kappa shape index (κ3) is 5.59. The number of benzene rings is 1. The highest BCUT2D eigenvalue weighted by molar-refractivity contribution is 6.30. The molecule has 0 unspecified atom stereocenters. The summed E-state index contributed by atoms with van der Waals surface area (Å²) in [6, 6.07) is 6.92. The molecule has 0 spiro atoms. The predicted molar refractivity (Wildman–Crippen MR) is 80.9 cm³/mol. The highest BCUT2D eigenvalue weighted by atomic mass is 35.5. The van der Waals surface area contributed by atoms with E-state index in [0.717, 1.165) is 0 Å². The van der Waals surface area contributed by atoms with Gasteiger partial charge in [-0.2, -0.15) is 0 Å². The van der Waals surface area contributed by atoms with Gasteiger partial charge in [0.2, 0.25) is 11.8 Å². The van der Waals surface area contributed by atoms with Crippen molar-refractivity contribution in [1.82, 2.24) is 10.2 Å². The lowest BCUT2D eigenvalue weighted by Crippen LogP contribution is -2.40. The van der Waals surface area contributed by atoms with E-state index in [9.17, 15) is 9.59 Å². The van der Waals surface area contributed by atoms with Crippen molar-refractivity contribution in [3.05, 3.63) is 29.3 Å². The number of carbonyl (C=O) groups is 2. The van der Waals surface area contributed by atoms with Crippen LogP contribution in [0.2, 0.25) is 5.02 Å². The minimum atomic E-state index is -0.209. The first-order valence-electron chi connectivity index (χ1n) is 6.60. The second-order valence-corrected chi connectivity index (χ2v) is 4.66. The third-order valence-electron chi connectivity index (χ3n) is 2.79. The molecular formula is C14H20ClN3O2. The molecule has 0 saturated carbocycles. The maximum atomic E-state index is 11.7. The lowest BCUT2D eigenvalue weighted by molar-refractivity contribution is -0.129. The Morgan fingerprint density at radius 1 is 1.20 bits per heavy atom. The first-order chi connectivity index (χ1) is 9.56. The summed E-state index contributed by atoms with van der Waals surface area (Å²) in [5, 5.41) is 6.10. The first-order valence-corrected chi connectivity index (χ1v) is 6.98. The van der Waals surface area contributed by atoms with E-state index in [4.69, 9.17) is 11.6 Å². The lowest BCUT2D eigenvalue weighted by atomic mass is 10.3. The summed E-state index contributed by atoms with van der Waals surface area (Å²) in [4.78, 5) is 25.1. The number of anilines is 1. The van der Waals surface area contributed by atoms with Crippen LogP contribution in [0.25, 0.3) is 0 Å². The molecule has 6 heteroatoms. The average molecular weight is 298 g/mol. The van der Waals surface area contributed by atoms with Crippen molar-refractivity contribution in [2.45, 2.75) is 13.8 Å². The van der Waals surface area contributed by atoms with Gasteiger partial charge in [-0.25, -0.2) is 0 Å². The molecule has 0 saturated heterocycles. The molecule has 5 nitrogen and oxygen atoms in total. The van der Waals surface area contributed by atoms with Crippen LogP contribution in [-0.4, -0.2) is 42.9 Å². The van der Waals surface area contributed by atoms with Crippen LogP contribution >= 0.6 is 11.6 Å². The Bertz CT molecular complexity index is 461. The van der Waals surface area contributed by atoms with Gasteiger partial charge in [-0.05, 0) is 32.0 Å². The van der Waals surface area contributed by atoms with Gasteiger partial charge < -0.3 is 10.2 Å². The van der Waals surface area contributed by atoms with Gasteiger partial charge >= 0.3 is 0 Å². The van der Waals surface area contributed by atoms with Gasteiger partial charge in [0.25, 0.3) is 0 Å². The fourth-order valence-electron chi connectivity index (χ4n) is 1.74. The van der Waals surface area contributed by atoms with E-state index >= 15 is 0 Å². The first kappa shape index (κ1) is 16.5. The molecule has 0 aliphatic carbocycles. The molecule has 2 amide bonds. The second kappa shape index (κ2) is 8.55. The quantitative estimate of drug-likeness (QED) is 0.806. The van der Waals surface area contributed by atoms with E-state index in [1.165, 1.54) is 0 Å². The molecule has 0 aliphatic rings. The van der Waals surface area contributed by atoms with E-state index in [1.807, 2.05) is 13.8 Å².